The maximum atomic E-state index is 11.7. The largest absolute Gasteiger partial charge is 0.432 e. The molecule has 0 bridgehead atoms. The van der Waals surface area contributed by atoms with Gasteiger partial charge in [-0.15, -0.1) is 0 Å². The zero-order valence-corrected chi connectivity index (χ0v) is 6.55. The maximum absolute atomic E-state index is 11.7. The Morgan fingerprint density at radius 2 is 2.42 bits per heavy atom. The van der Waals surface area contributed by atoms with Crippen molar-refractivity contribution in [1.82, 2.24) is 4.98 Å². The molecule has 12 heavy (non-hydrogen) atoms. The van der Waals surface area contributed by atoms with Gasteiger partial charge in [0.1, 0.15) is 6.20 Å². The molecule has 0 saturated heterocycles. The minimum atomic E-state index is -2.81. The molecular formula is C8H8F2NO. The molecule has 1 heterocycles. The van der Waals surface area contributed by atoms with Gasteiger partial charge in [-0.2, -0.15) is 8.78 Å². The summed E-state index contributed by atoms with van der Waals surface area (Å²) in [5.74, 6) is -0.00986. The third-order valence-corrected chi connectivity index (χ3v) is 1.35. The summed E-state index contributed by atoms with van der Waals surface area (Å²) in [6.45, 7) is -0.904. The number of halogens is 2. The first-order valence-corrected chi connectivity index (χ1v) is 3.53. The summed E-state index contributed by atoms with van der Waals surface area (Å²) in [7, 11) is 0. The highest BCUT2D eigenvalue weighted by Gasteiger charge is 2.04. The lowest BCUT2D eigenvalue weighted by atomic mass is 10.2. The molecule has 1 rings (SSSR count). The summed E-state index contributed by atoms with van der Waals surface area (Å²) < 4.78 is 27.5. The Hall–Kier alpha value is -1.19. The summed E-state index contributed by atoms with van der Waals surface area (Å²) in [5.41, 5.74) is 0.851. The van der Waals surface area contributed by atoms with E-state index in [0.29, 0.717) is 0 Å². The normalized spacial score (nSPS) is 10.3. The zero-order chi connectivity index (χ0) is 8.97. The van der Waals surface area contributed by atoms with Gasteiger partial charge in [-0.25, -0.2) is 0 Å². The van der Waals surface area contributed by atoms with Crippen LogP contribution in [-0.2, 0) is 6.42 Å². The molecule has 2 nitrogen and oxygen atoms in total. The number of nitrogens with zero attached hydrogens (tertiary/aromatic N) is 1. The van der Waals surface area contributed by atoms with Crippen molar-refractivity contribution in [3.05, 3.63) is 24.0 Å². The molecule has 0 aliphatic rings. The Morgan fingerprint density at radius 1 is 1.67 bits per heavy atom. The van der Waals surface area contributed by atoms with Crippen LogP contribution in [0.15, 0.2) is 12.3 Å². The second-order valence-corrected chi connectivity index (χ2v) is 2.19. The van der Waals surface area contributed by atoms with Crippen LogP contribution in [0.3, 0.4) is 0 Å². The van der Waals surface area contributed by atoms with Gasteiger partial charge >= 0.3 is 6.61 Å². The van der Waals surface area contributed by atoms with Gasteiger partial charge in [0.15, 0.2) is 5.75 Å². The Balaban J connectivity index is 2.72. The molecule has 0 aromatic carbocycles. The van der Waals surface area contributed by atoms with Crippen molar-refractivity contribution in [2.75, 3.05) is 0 Å². The van der Waals surface area contributed by atoms with Crippen LogP contribution >= 0.6 is 0 Å². The monoisotopic (exact) mass is 172 g/mol. The fraction of sp³-hybridized carbons (Fsp3) is 0.375. The average Bonchev–Trinajstić information content (AvgIpc) is 2.03. The van der Waals surface area contributed by atoms with Crippen LogP contribution in [-0.4, -0.2) is 11.6 Å². The first-order chi connectivity index (χ1) is 5.72. The third-order valence-electron chi connectivity index (χ3n) is 1.35. The molecule has 1 aromatic heterocycles. The smallest absolute Gasteiger partial charge is 0.387 e. The summed E-state index contributed by atoms with van der Waals surface area (Å²) in [4.78, 5) is 3.63. The summed E-state index contributed by atoms with van der Waals surface area (Å²) in [6, 6.07) is 1.50. The Bertz CT molecular complexity index is 253. The van der Waals surface area contributed by atoms with Gasteiger partial charge in [-0.05, 0) is 18.1 Å². The molecule has 1 radical (unpaired) electrons. The fourth-order valence-corrected chi connectivity index (χ4v) is 0.766. The fourth-order valence-electron chi connectivity index (χ4n) is 0.766. The van der Waals surface area contributed by atoms with Gasteiger partial charge in [0, 0.05) is 6.20 Å². The number of hydrogen-bond acceptors (Lipinski definition) is 2. The lowest BCUT2D eigenvalue weighted by Gasteiger charge is -2.03. The first kappa shape index (κ1) is 8.90. The van der Waals surface area contributed by atoms with Gasteiger partial charge in [0.25, 0.3) is 0 Å². The van der Waals surface area contributed by atoms with Crippen LogP contribution in [0.2, 0.25) is 0 Å². The van der Waals surface area contributed by atoms with E-state index < -0.39 is 6.61 Å². The quantitative estimate of drug-likeness (QED) is 0.696. The van der Waals surface area contributed by atoms with E-state index in [9.17, 15) is 8.78 Å². The molecule has 0 aliphatic heterocycles. The van der Waals surface area contributed by atoms with Crippen LogP contribution in [0.4, 0.5) is 8.78 Å². The number of hydrogen-bond donors (Lipinski definition) is 0. The summed E-state index contributed by atoms with van der Waals surface area (Å²) in [6.07, 6.45) is 4.63. The highest BCUT2D eigenvalue weighted by molar-refractivity contribution is 5.22. The van der Waals surface area contributed by atoms with Gasteiger partial charge in [0.05, 0.1) is 0 Å². The van der Waals surface area contributed by atoms with Crippen molar-refractivity contribution < 1.29 is 13.5 Å². The van der Waals surface area contributed by atoms with Crippen molar-refractivity contribution in [2.24, 2.45) is 0 Å². The third kappa shape index (κ3) is 2.45. The SMILES string of the molecule is CCc1cn[c]c(OC(F)F)c1. The molecule has 0 atom stereocenters. The number of pyridine rings is 1. The van der Waals surface area contributed by atoms with E-state index in [1.807, 2.05) is 6.92 Å². The predicted octanol–water partition coefficient (Wildman–Crippen LogP) is 2.05. The number of ether oxygens (including phenoxy) is 1. The van der Waals surface area contributed by atoms with E-state index in [4.69, 9.17) is 0 Å². The minimum Gasteiger partial charge on any atom is -0.432 e. The van der Waals surface area contributed by atoms with Crippen LogP contribution in [0.1, 0.15) is 12.5 Å². The number of aryl methyl sites for hydroxylation is 1. The molecule has 0 fully saturated rings. The van der Waals surface area contributed by atoms with Crippen LogP contribution in [0.5, 0.6) is 5.75 Å². The number of alkyl halides is 2. The Morgan fingerprint density at radius 3 is 3.00 bits per heavy atom. The number of rotatable bonds is 3. The number of aromatic nitrogens is 1. The molecule has 65 valence electrons. The van der Waals surface area contributed by atoms with Gasteiger partial charge < -0.3 is 4.74 Å². The van der Waals surface area contributed by atoms with E-state index in [-0.39, 0.29) is 5.75 Å². The van der Waals surface area contributed by atoms with Gasteiger partial charge in [-0.1, -0.05) is 6.92 Å². The minimum absolute atomic E-state index is 0.00986. The highest BCUT2D eigenvalue weighted by atomic mass is 19.3. The molecule has 0 unspecified atom stereocenters. The zero-order valence-electron chi connectivity index (χ0n) is 6.55. The second kappa shape index (κ2) is 3.99. The predicted molar refractivity (Wildman–Crippen MR) is 39.1 cm³/mol. The molecule has 0 saturated carbocycles. The Labute approximate surface area is 69.2 Å². The molecular weight excluding hydrogens is 164 g/mol. The van der Waals surface area contributed by atoms with Crippen molar-refractivity contribution >= 4 is 0 Å². The van der Waals surface area contributed by atoms with Crippen molar-refractivity contribution in [3.8, 4) is 5.75 Å². The van der Waals surface area contributed by atoms with E-state index in [1.165, 1.54) is 6.07 Å². The molecule has 0 amide bonds. The average molecular weight is 172 g/mol. The van der Waals surface area contributed by atoms with E-state index >= 15 is 0 Å². The van der Waals surface area contributed by atoms with Crippen molar-refractivity contribution in [2.45, 2.75) is 20.0 Å². The van der Waals surface area contributed by atoms with Crippen LogP contribution < -0.4 is 4.74 Å². The Kier molecular flexibility index (Phi) is 2.96. The van der Waals surface area contributed by atoms with Gasteiger partial charge in [0.2, 0.25) is 0 Å². The second-order valence-electron chi connectivity index (χ2n) is 2.19. The molecule has 4 heteroatoms. The molecule has 0 aliphatic carbocycles. The van der Waals surface area contributed by atoms with E-state index in [0.717, 1.165) is 12.0 Å². The summed E-state index contributed by atoms with van der Waals surface area (Å²) >= 11 is 0. The molecule has 0 N–H and O–H groups in total. The molecule has 1 aromatic rings. The van der Waals surface area contributed by atoms with E-state index in [1.54, 1.807) is 6.20 Å². The maximum Gasteiger partial charge on any atom is 0.387 e. The van der Waals surface area contributed by atoms with Crippen molar-refractivity contribution in [1.29, 1.82) is 0 Å². The standard InChI is InChI=1S/C8H8F2NO/c1-2-6-3-7(5-11-4-6)12-8(9)10/h3-4,8H,2H2,1H3. The molecule has 0 spiro atoms. The topological polar surface area (TPSA) is 22.1 Å². The van der Waals surface area contributed by atoms with E-state index in [2.05, 4.69) is 15.9 Å². The highest BCUT2D eigenvalue weighted by Crippen LogP contribution is 2.13. The lowest BCUT2D eigenvalue weighted by Crippen LogP contribution is -2.02. The lowest BCUT2D eigenvalue weighted by molar-refractivity contribution is -0.0503. The first-order valence-electron chi connectivity index (χ1n) is 3.53. The van der Waals surface area contributed by atoms with Gasteiger partial charge in [-0.3, -0.25) is 4.98 Å². The van der Waals surface area contributed by atoms with Crippen molar-refractivity contribution in [3.63, 3.8) is 0 Å². The van der Waals surface area contributed by atoms with Crippen LogP contribution in [0.25, 0.3) is 0 Å². The summed E-state index contributed by atoms with van der Waals surface area (Å²) in [5, 5.41) is 0. The van der Waals surface area contributed by atoms with Crippen LogP contribution in [0, 0.1) is 6.20 Å².